The molecular weight excluding hydrogens is 337 g/mol. The van der Waals surface area contributed by atoms with Crippen LogP contribution < -0.4 is 9.47 Å². The van der Waals surface area contributed by atoms with Crippen molar-refractivity contribution in [3.63, 3.8) is 0 Å². The summed E-state index contributed by atoms with van der Waals surface area (Å²) in [5, 5.41) is 9.55. The molecule has 2 rings (SSSR count). The monoisotopic (exact) mass is 349 g/mol. The number of methoxy groups -OCH3 is 1. The van der Waals surface area contributed by atoms with Crippen molar-refractivity contribution in [3.8, 4) is 17.6 Å². The Labute approximate surface area is 131 Å². The molecular formula is C16H13BrFNO2. The number of hydrogen-bond acceptors (Lipinski definition) is 3. The molecule has 3 nitrogen and oxygen atoms in total. The summed E-state index contributed by atoms with van der Waals surface area (Å²) in [6.07, 6.45) is 0. The molecule has 0 amide bonds. The molecule has 0 aromatic heterocycles. The van der Waals surface area contributed by atoms with Crippen LogP contribution in [0.15, 0.2) is 36.4 Å². The van der Waals surface area contributed by atoms with E-state index in [2.05, 4.69) is 15.9 Å². The quantitative estimate of drug-likeness (QED) is 0.760. The number of nitrogens with zero attached hydrogens (tertiary/aromatic N) is 1. The maximum absolute atomic E-state index is 13.3. The predicted molar refractivity (Wildman–Crippen MR) is 81.1 cm³/mol. The Hall–Kier alpha value is -2.06. The van der Waals surface area contributed by atoms with E-state index in [-0.39, 0.29) is 12.2 Å². The molecule has 0 bridgehead atoms. The summed E-state index contributed by atoms with van der Waals surface area (Å²) < 4.78 is 24.3. The van der Waals surface area contributed by atoms with Crippen LogP contribution in [0.5, 0.6) is 11.5 Å². The minimum absolute atomic E-state index is 0.163. The SMILES string of the molecule is COc1cc(CBr)ccc1OCc1cc(F)cc(C#N)c1. The van der Waals surface area contributed by atoms with Gasteiger partial charge in [0, 0.05) is 5.33 Å². The molecule has 0 spiro atoms. The van der Waals surface area contributed by atoms with E-state index in [1.54, 1.807) is 19.2 Å². The maximum Gasteiger partial charge on any atom is 0.161 e. The van der Waals surface area contributed by atoms with Crippen LogP contribution in [0.25, 0.3) is 0 Å². The Kier molecular flexibility index (Phi) is 5.18. The van der Waals surface area contributed by atoms with Crippen molar-refractivity contribution < 1.29 is 13.9 Å². The Morgan fingerprint density at radius 3 is 2.62 bits per heavy atom. The highest BCUT2D eigenvalue weighted by Gasteiger charge is 2.07. The van der Waals surface area contributed by atoms with E-state index in [0.717, 1.165) is 10.9 Å². The highest BCUT2D eigenvalue weighted by molar-refractivity contribution is 9.08. The molecule has 5 heteroatoms. The number of benzene rings is 2. The molecule has 0 aliphatic rings. The van der Waals surface area contributed by atoms with Crippen molar-refractivity contribution in [1.29, 1.82) is 5.26 Å². The third kappa shape index (κ3) is 3.96. The van der Waals surface area contributed by atoms with Gasteiger partial charge in [-0.1, -0.05) is 22.0 Å². The van der Waals surface area contributed by atoms with E-state index >= 15 is 0 Å². The summed E-state index contributed by atoms with van der Waals surface area (Å²) in [5.74, 6) is 0.739. The molecule has 108 valence electrons. The van der Waals surface area contributed by atoms with Crippen molar-refractivity contribution in [2.75, 3.05) is 7.11 Å². The van der Waals surface area contributed by atoms with Gasteiger partial charge in [0.1, 0.15) is 12.4 Å². The second-order valence-corrected chi connectivity index (χ2v) is 4.93. The Morgan fingerprint density at radius 1 is 1.14 bits per heavy atom. The molecule has 2 aromatic carbocycles. The van der Waals surface area contributed by atoms with Gasteiger partial charge in [-0.2, -0.15) is 5.26 Å². The molecule has 0 unspecified atom stereocenters. The molecule has 0 radical (unpaired) electrons. The van der Waals surface area contributed by atoms with Gasteiger partial charge in [-0.15, -0.1) is 0 Å². The first kappa shape index (κ1) is 15.3. The van der Waals surface area contributed by atoms with Crippen LogP contribution in [0, 0.1) is 17.1 Å². The smallest absolute Gasteiger partial charge is 0.161 e. The van der Waals surface area contributed by atoms with E-state index in [1.807, 2.05) is 18.2 Å². The van der Waals surface area contributed by atoms with Crippen LogP contribution in [-0.2, 0) is 11.9 Å². The van der Waals surface area contributed by atoms with Gasteiger partial charge >= 0.3 is 0 Å². The zero-order valence-electron chi connectivity index (χ0n) is 11.4. The molecule has 0 N–H and O–H groups in total. The van der Waals surface area contributed by atoms with E-state index in [4.69, 9.17) is 14.7 Å². The second kappa shape index (κ2) is 7.09. The number of alkyl halides is 1. The maximum atomic E-state index is 13.3. The lowest BCUT2D eigenvalue weighted by Gasteiger charge is -2.12. The summed E-state index contributed by atoms with van der Waals surface area (Å²) >= 11 is 3.38. The van der Waals surface area contributed by atoms with Crippen LogP contribution in [0.2, 0.25) is 0 Å². The van der Waals surface area contributed by atoms with Crippen molar-refractivity contribution in [2.45, 2.75) is 11.9 Å². The summed E-state index contributed by atoms with van der Waals surface area (Å²) in [6.45, 7) is 0.163. The zero-order chi connectivity index (χ0) is 15.2. The number of ether oxygens (including phenoxy) is 2. The van der Waals surface area contributed by atoms with Crippen LogP contribution in [-0.4, -0.2) is 7.11 Å². The lowest BCUT2D eigenvalue weighted by atomic mass is 10.1. The largest absolute Gasteiger partial charge is 0.493 e. The highest BCUT2D eigenvalue weighted by Crippen LogP contribution is 2.29. The average molecular weight is 350 g/mol. The minimum Gasteiger partial charge on any atom is -0.493 e. The minimum atomic E-state index is -0.450. The standard InChI is InChI=1S/C16H13BrFNO2/c1-20-16-7-11(8-17)2-3-15(16)21-10-13-4-12(9-19)5-14(18)6-13/h2-7H,8,10H2,1H3. The lowest BCUT2D eigenvalue weighted by molar-refractivity contribution is 0.284. The Bertz CT molecular complexity index is 682. The van der Waals surface area contributed by atoms with Gasteiger partial charge in [0.05, 0.1) is 18.7 Å². The van der Waals surface area contributed by atoms with Gasteiger partial charge in [0.25, 0.3) is 0 Å². The van der Waals surface area contributed by atoms with Crippen LogP contribution in [0.4, 0.5) is 4.39 Å². The molecule has 21 heavy (non-hydrogen) atoms. The van der Waals surface area contributed by atoms with Crippen LogP contribution >= 0.6 is 15.9 Å². The fourth-order valence-electron chi connectivity index (χ4n) is 1.87. The normalized spacial score (nSPS) is 10.0. The molecule has 0 saturated carbocycles. The zero-order valence-corrected chi connectivity index (χ0v) is 13.0. The first-order chi connectivity index (χ1) is 10.2. The highest BCUT2D eigenvalue weighted by atomic mass is 79.9. The fraction of sp³-hybridized carbons (Fsp3) is 0.188. The topological polar surface area (TPSA) is 42.2 Å². The van der Waals surface area contributed by atoms with E-state index in [1.165, 1.54) is 12.1 Å². The summed E-state index contributed by atoms with van der Waals surface area (Å²) in [7, 11) is 1.57. The van der Waals surface area contributed by atoms with Gasteiger partial charge in [0.2, 0.25) is 0 Å². The van der Waals surface area contributed by atoms with E-state index < -0.39 is 5.82 Å². The van der Waals surface area contributed by atoms with Gasteiger partial charge in [-0.05, 0) is 41.5 Å². The van der Waals surface area contributed by atoms with Gasteiger partial charge < -0.3 is 9.47 Å². The molecule has 0 aliphatic carbocycles. The molecule has 0 heterocycles. The Morgan fingerprint density at radius 2 is 1.95 bits per heavy atom. The summed E-state index contributed by atoms with van der Waals surface area (Å²) in [5.41, 5.74) is 1.94. The fourth-order valence-corrected chi connectivity index (χ4v) is 2.22. The van der Waals surface area contributed by atoms with Crippen molar-refractivity contribution in [2.24, 2.45) is 0 Å². The first-order valence-corrected chi connectivity index (χ1v) is 7.33. The molecule has 0 aliphatic heterocycles. The third-order valence-corrected chi connectivity index (χ3v) is 3.51. The summed E-state index contributed by atoms with van der Waals surface area (Å²) in [6, 6.07) is 11.6. The number of rotatable bonds is 5. The predicted octanol–water partition coefficient (Wildman–Crippen LogP) is 4.18. The molecule has 0 atom stereocenters. The molecule has 2 aromatic rings. The number of halogens is 2. The van der Waals surface area contributed by atoms with E-state index in [0.29, 0.717) is 17.1 Å². The molecule has 0 saturated heterocycles. The van der Waals surface area contributed by atoms with Crippen molar-refractivity contribution in [3.05, 3.63) is 58.9 Å². The molecule has 0 fully saturated rings. The number of nitriles is 1. The van der Waals surface area contributed by atoms with Crippen molar-refractivity contribution in [1.82, 2.24) is 0 Å². The second-order valence-electron chi connectivity index (χ2n) is 4.37. The first-order valence-electron chi connectivity index (χ1n) is 6.21. The Balaban J connectivity index is 2.16. The number of hydrogen-bond donors (Lipinski definition) is 0. The van der Waals surface area contributed by atoms with Gasteiger partial charge in [-0.25, -0.2) is 4.39 Å². The van der Waals surface area contributed by atoms with E-state index in [9.17, 15) is 4.39 Å². The van der Waals surface area contributed by atoms with Crippen LogP contribution in [0.3, 0.4) is 0 Å². The van der Waals surface area contributed by atoms with Gasteiger partial charge in [-0.3, -0.25) is 0 Å². The average Bonchev–Trinajstić information content (AvgIpc) is 2.52. The van der Waals surface area contributed by atoms with Crippen molar-refractivity contribution >= 4 is 15.9 Å². The van der Waals surface area contributed by atoms with Gasteiger partial charge in [0.15, 0.2) is 11.5 Å². The lowest BCUT2D eigenvalue weighted by Crippen LogP contribution is -1.99. The third-order valence-electron chi connectivity index (χ3n) is 2.86. The van der Waals surface area contributed by atoms with Crippen LogP contribution in [0.1, 0.15) is 16.7 Å². The summed E-state index contributed by atoms with van der Waals surface area (Å²) in [4.78, 5) is 0.